The Morgan fingerprint density at radius 2 is 2.56 bits per heavy atom. The van der Waals surface area contributed by atoms with E-state index in [0.717, 1.165) is 12.8 Å². The van der Waals surface area contributed by atoms with Crippen LogP contribution in [0.25, 0.3) is 0 Å². The van der Waals surface area contributed by atoms with Gasteiger partial charge in [-0.2, -0.15) is 4.98 Å². The predicted molar refractivity (Wildman–Crippen MR) is 54.5 cm³/mol. The van der Waals surface area contributed by atoms with Crippen LogP contribution in [-0.4, -0.2) is 35.8 Å². The fourth-order valence-corrected chi connectivity index (χ4v) is 1.64. The summed E-state index contributed by atoms with van der Waals surface area (Å²) >= 11 is 0. The number of hydrogen-bond donors (Lipinski definition) is 1. The summed E-state index contributed by atoms with van der Waals surface area (Å²) in [5, 5.41) is 6.87. The van der Waals surface area contributed by atoms with Gasteiger partial charge >= 0.3 is 5.97 Å². The van der Waals surface area contributed by atoms with Crippen molar-refractivity contribution in [3.8, 4) is 0 Å². The number of carbonyl (C=O) groups excluding carboxylic acids is 1. The van der Waals surface area contributed by atoms with Gasteiger partial charge in [-0.25, -0.2) is 0 Å². The lowest BCUT2D eigenvalue weighted by molar-refractivity contribution is -0.143. The van der Waals surface area contributed by atoms with Crippen molar-refractivity contribution >= 4 is 5.97 Å². The standard InChI is InChI=1S/C10H15N3O3/c1-15-10(14)9(7-2-3-7)11-5-4-8-12-6-16-13-8/h6-7,9,11H,2-5H2,1H3. The third-order valence-electron chi connectivity index (χ3n) is 2.67. The van der Waals surface area contributed by atoms with Gasteiger partial charge in [-0.3, -0.25) is 4.79 Å². The summed E-state index contributed by atoms with van der Waals surface area (Å²) < 4.78 is 9.37. The molecule has 1 unspecified atom stereocenters. The largest absolute Gasteiger partial charge is 0.468 e. The molecule has 2 rings (SSSR count). The Morgan fingerprint density at radius 3 is 3.12 bits per heavy atom. The van der Waals surface area contributed by atoms with Crippen LogP contribution in [0.5, 0.6) is 0 Å². The summed E-state index contributed by atoms with van der Waals surface area (Å²) in [5.41, 5.74) is 0. The molecule has 0 saturated heterocycles. The SMILES string of the molecule is COC(=O)C(NCCc1ncon1)C1CC1. The third-order valence-corrected chi connectivity index (χ3v) is 2.67. The molecule has 1 aliphatic carbocycles. The van der Waals surface area contributed by atoms with E-state index in [2.05, 4.69) is 20.0 Å². The molecule has 1 saturated carbocycles. The van der Waals surface area contributed by atoms with Crippen molar-refractivity contribution in [1.82, 2.24) is 15.5 Å². The lowest BCUT2D eigenvalue weighted by Crippen LogP contribution is -2.40. The second-order valence-electron chi connectivity index (χ2n) is 3.89. The first-order valence-corrected chi connectivity index (χ1v) is 5.37. The lowest BCUT2D eigenvalue weighted by atomic mass is 10.2. The van der Waals surface area contributed by atoms with Crippen LogP contribution in [-0.2, 0) is 16.0 Å². The molecule has 1 heterocycles. The van der Waals surface area contributed by atoms with Gasteiger partial charge in [0, 0.05) is 13.0 Å². The topological polar surface area (TPSA) is 77.2 Å². The van der Waals surface area contributed by atoms with E-state index < -0.39 is 0 Å². The zero-order valence-corrected chi connectivity index (χ0v) is 9.18. The Labute approximate surface area is 93.4 Å². The first-order chi connectivity index (χ1) is 7.81. The van der Waals surface area contributed by atoms with Gasteiger partial charge in [0.1, 0.15) is 6.04 Å². The van der Waals surface area contributed by atoms with Crippen molar-refractivity contribution < 1.29 is 14.1 Å². The first-order valence-electron chi connectivity index (χ1n) is 5.37. The average molecular weight is 225 g/mol. The van der Waals surface area contributed by atoms with Gasteiger partial charge in [0.2, 0.25) is 6.39 Å². The van der Waals surface area contributed by atoms with Crippen LogP contribution >= 0.6 is 0 Å². The molecule has 0 aliphatic heterocycles. The van der Waals surface area contributed by atoms with Gasteiger partial charge < -0.3 is 14.6 Å². The summed E-state index contributed by atoms with van der Waals surface area (Å²) in [5.74, 6) is 0.889. The second kappa shape index (κ2) is 5.07. The fourth-order valence-electron chi connectivity index (χ4n) is 1.64. The van der Waals surface area contributed by atoms with E-state index in [-0.39, 0.29) is 12.0 Å². The summed E-state index contributed by atoms with van der Waals surface area (Å²) in [6.07, 6.45) is 4.13. The van der Waals surface area contributed by atoms with Crippen LogP contribution < -0.4 is 5.32 Å². The highest BCUT2D eigenvalue weighted by atomic mass is 16.5. The smallest absolute Gasteiger partial charge is 0.323 e. The van der Waals surface area contributed by atoms with E-state index in [1.54, 1.807) is 0 Å². The maximum absolute atomic E-state index is 11.5. The molecule has 6 nitrogen and oxygen atoms in total. The Kier molecular flexibility index (Phi) is 3.51. The van der Waals surface area contributed by atoms with Crippen LogP contribution in [0.15, 0.2) is 10.9 Å². The molecule has 0 amide bonds. The summed E-state index contributed by atoms with van der Waals surface area (Å²) in [6.45, 7) is 0.649. The summed E-state index contributed by atoms with van der Waals surface area (Å²) in [6, 6.07) is -0.183. The molecule has 1 atom stereocenters. The molecule has 88 valence electrons. The number of carbonyl (C=O) groups is 1. The van der Waals surface area contributed by atoms with Gasteiger partial charge in [0.15, 0.2) is 5.82 Å². The molecule has 1 aromatic heterocycles. The van der Waals surface area contributed by atoms with Crippen LogP contribution in [0.4, 0.5) is 0 Å². The minimum absolute atomic E-state index is 0.183. The van der Waals surface area contributed by atoms with Gasteiger partial charge in [0.25, 0.3) is 0 Å². The monoisotopic (exact) mass is 225 g/mol. The molecule has 1 N–H and O–H groups in total. The van der Waals surface area contributed by atoms with E-state index in [9.17, 15) is 4.79 Å². The minimum atomic E-state index is -0.185. The van der Waals surface area contributed by atoms with Gasteiger partial charge in [-0.15, -0.1) is 0 Å². The number of esters is 1. The zero-order valence-electron chi connectivity index (χ0n) is 9.18. The Balaban J connectivity index is 1.76. The van der Waals surface area contributed by atoms with Crippen LogP contribution in [0.2, 0.25) is 0 Å². The molecular formula is C10H15N3O3. The normalized spacial score (nSPS) is 17.1. The molecule has 0 spiro atoms. The number of rotatable bonds is 6. The fraction of sp³-hybridized carbons (Fsp3) is 0.700. The van der Waals surface area contributed by atoms with E-state index >= 15 is 0 Å². The molecule has 1 aliphatic rings. The highest BCUT2D eigenvalue weighted by molar-refractivity contribution is 5.76. The van der Waals surface area contributed by atoms with Crippen LogP contribution in [0.1, 0.15) is 18.7 Å². The lowest BCUT2D eigenvalue weighted by Gasteiger charge is -2.14. The predicted octanol–water partition coefficient (Wildman–Crippen LogP) is 0.153. The van der Waals surface area contributed by atoms with Crippen molar-refractivity contribution in [3.63, 3.8) is 0 Å². The highest BCUT2D eigenvalue weighted by Crippen LogP contribution is 2.33. The molecule has 1 aromatic rings. The molecule has 0 aromatic carbocycles. The zero-order chi connectivity index (χ0) is 11.4. The number of aromatic nitrogens is 2. The molecule has 0 radical (unpaired) electrons. The Morgan fingerprint density at radius 1 is 1.75 bits per heavy atom. The third kappa shape index (κ3) is 2.79. The molecule has 1 fully saturated rings. The summed E-state index contributed by atoms with van der Waals surface area (Å²) in [4.78, 5) is 15.4. The van der Waals surface area contributed by atoms with Crippen molar-refractivity contribution in [2.24, 2.45) is 5.92 Å². The number of methoxy groups -OCH3 is 1. The molecule has 6 heteroatoms. The van der Waals surface area contributed by atoms with Crippen LogP contribution in [0, 0.1) is 5.92 Å². The van der Waals surface area contributed by atoms with Crippen molar-refractivity contribution in [1.29, 1.82) is 0 Å². The Hall–Kier alpha value is -1.43. The minimum Gasteiger partial charge on any atom is -0.468 e. The number of nitrogens with one attached hydrogen (secondary N) is 1. The first kappa shape index (κ1) is 11.1. The maximum Gasteiger partial charge on any atom is 0.323 e. The van der Waals surface area contributed by atoms with Gasteiger partial charge in [0.05, 0.1) is 7.11 Å². The number of ether oxygens (including phenoxy) is 1. The molecular weight excluding hydrogens is 210 g/mol. The van der Waals surface area contributed by atoms with E-state index in [4.69, 9.17) is 4.74 Å². The number of hydrogen-bond acceptors (Lipinski definition) is 6. The second-order valence-corrected chi connectivity index (χ2v) is 3.89. The maximum atomic E-state index is 11.5. The number of nitrogens with zero attached hydrogens (tertiary/aromatic N) is 2. The molecule has 0 bridgehead atoms. The van der Waals surface area contributed by atoms with Gasteiger partial charge in [-0.05, 0) is 18.8 Å². The average Bonchev–Trinajstić information content (AvgIpc) is 3.00. The van der Waals surface area contributed by atoms with E-state index in [1.165, 1.54) is 13.5 Å². The van der Waals surface area contributed by atoms with Gasteiger partial charge in [-0.1, -0.05) is 5.16 Å². The van der Waals surface area contributed by atoms with E-state index in [1.807, 2.05) is 0 Å². The highest BCUT2D eigenvalue weighted by Gasteiger charge is 2.36. The quantitative estimate of drug-likeness (QED) is 0.694. The summed E-state index contributed by atoms with van der Waals surface area (Å²) in [7, 11) is 1.42. The van der Waals surface area contributed by atoms with Crippen molar-refractivity contribution in [2.75, 3.05) is 13.7 Å². The molecule has 16 heavy (non-hydrogen) atoms. The van der Waals surface area contributed by atoms with Crippen molar-refractivity contribution in [2.45, 2.75) is 25.3 Å². The Bertz CT molecular complexity index is 335. The van der Waals surface area contributed by atoms with E-state index in [0.29, 0.717) is 24.7 Å². The van der Waals surface area contributed by atoms with Crippen LogP contribution in [0.3, 0.4) is 0 Å². The van der Waals surface area contributed by atoms with Crippen molar-refractivity contribution in [3.05, 3.63) is 12.2 Å².